The van der Waals surface area contributed by atoms with E-state index in [0.717, 1.165) is 38.4 Å². The zero-order valence-electron chi connectivity index (χ0n) is 11.3. The lowest BCUT2D eigenvalue weighted by atomic mass is 10.1. The molecular formula is C13H24N4O. The van der Waals surface area contributed by atoms with Crippen molar-refractivity contribution in [2.45, 2.75) is 65.1 Å². The van der Waals surface area contributed by atoms with Crippen molar-refractivity contribution >= 4 is 0 Å². The highest BCUT2D eigenvalue weighted by Gasteiger charge is 2.15. The zero-order chi connectivity index (χ0) is 12.8. The van der Waals surface area contributed by atoms with Crippen molar-refractivity contribution < 1.29 is 0 Å². The molecule has 0 unspecified atom stereocenters. The van der Waals surface area contributed by atoms with Crippen LogP contribution in [0.15, 0.2) is 4.79 Å². The molecule has 1 aromatic heterocycles. The first-order valence-electron chi connectivity index (χ1n) is 7.20. The molecule has 0 aliphatic carbocycles. The van der Waals surface area contributed by atoms with Crippen molar-refractivity contribution in [3.8, 4) is 0 Å². The highest BCUT2D eigenvalue weighted by molar-refractivity contribution is 4.90. The Labute approximate surface area is 108 Å². The molecule has 1 N–H and O–H groups in total. The zero-order valence-corrected chi connectivity index (χ0v) is 11.3. The minimum Gasteiger partial charge on any atom is -0.308 e. The van der Waals surface area contributed by atoms with Crippen LogP contribution in [0.5, 0.6) is 0 Å². The molecule has 1 aromatic rings. The van der Waals surface area contributed by atoms with Gasteiger partial charge in [-0.3, -0.25) is 4.57 Å². The van der Waals surface area contributed by atoms with Crippen molar-refractivity contribution in [1.29, 1.82) is 0 Å². The van der Waals surface area contributed by atoms with Crippen LogP contribution in [0.2, 0.25) is 0 Å². The molecule has 18 heavy (non-hydrogen) atoms. The third-order valence-electron chi connectivity index (χ3n) is 3.52. The van der Waals surface area contributed by atoms with Crippen molar-refractivity contribution in [3.63, 3.8) is 0 Å². The number of nitrogens with one attached hydrogen (secondary N) is 1. The van der Waals surface area contributed by atoms with E-state index in [1.807, 2.05) is 0 Å². The second-order valence-electron chi connectivity index (χ2n) is 5.02. The molecule has 5 nitrogen and oxygen atoms in total. The summed E-state index contributed by atoms with van der Waals surface area (Å²) in [6, 6.07) is 0. The molecule has 0 aromatic carbocycles. The van der Waals surface area contributed by atoms with Gasteiger partial charge in [0.25, 0.3) is 0 Å². The standard InChI is InChI=1S/C13H24N4O/c1-2-3-4-5-6-7-9-17-13(18)16-10-8-14-11-12(16)15-17/h14H,2-11H2,1H3. The van der Waals surface area contributed by atoms with E-state index in [-0.39, 0.29) is 5.69 Å². The van der Waals surface area contributed by atoms with E-state index in [1.165, 1.54) is 32.1 Å². The highest BCUT2D eigenvalue weighted by atomic mass is 16.2. The molecule has 0 fully saturated rings. The van der Waals surface area contributed by atoms with E-state index in [2.05, 4.69) is 17.3 Å². The first-order chi connectivity index (χ1) is 8.83. The van der Waals surface area contributed by atoms with E-state index in [4.69, 9.17) is 0 Å². The normalized spacial score (nSPS) is 14.7. The average Bonchev–Trinajstić information content (AvgIpc) is 2.71. The first-order valence-corrected chi connectivity index (χ1v) is 7.20. The Kier molecular flexibility index (Phi) is 4.99. The van der Waals surface area contributed by atoms with Crippen molar-refractivity contribution in [1.82, 2.24) is 19.7 Å². The van der Waals surface area contributed by atoms with Gasteiger partial charge in [0.2, 0.25) is 0 Å². The van der Waals surface area contributed by atoms with Crippen LogP contribution in [0.1, 0.15) is 51.3 Å². The van der Waals surface area contributed by atoms with Crippen LogP contribution >= 0.6 is 0 Å². The van der Waals surface area contributed by atoms with E-state index in [0.29, 0.717) is 0 Å². The number of fused-ring (bicyclic) bond motifs is 1. The maximum absolute atomic E-state index is 12.0. The number of aromatic nitrogens is 3. The molecular weight excluding hydrogens is 228 g/mol. The van der Waals surface area contributed by atoms with E-state index < -0.39 is 0 Å². The van der Waals surface area contributed by atoms with Gasteiger partial charge in [0.15, 0.2) is 0 Å². The van der Waals surface area contributed by atoms with Crippen LogP contribution in [-0.2, 0) is 19.6 Å². The van der Waals surface area contributed by atoms with Gasteiger partial charge < -0.3 is 5.32 Å². The molecule has 0 bridgehead atoms. The quantitative estimate of drug-likeness (QED) is 0.748. The summed E-state index contributed by atoms with van der Waals surface area (Å²) in [6.45, 7) is 5.34. The first kappa shape index (κ1) is 13.3. The largest absolute Gasteiger partial charge is 0.345 e. The molecule has 0 radical (unpaired) electrons. The molecule has 1 aliphatic heterocycles. The summed E-state index contributed by atoms with van der Waals surface area (Å²) in [7, 11) is 0. The average molecular weight is 252 g/mol. The summed E-state index contributed by atoms with van der Waals surface area (Å²) in [6.07, 6.45) is 7.46. The summed E-state index contributed by atoms with van der Waals surface area (Å²) in [5, 5.41) is 7.63. The van der Waals surface area contributed by atoms with Gasteiger partial charge in [0, 0.05) is 19.6 Å². The Morgan fingerprint density at radius 3 is 2.78 bits per heavy atom. The Balaban J connectivity index is 1.79. The minimum absolute atomic E-state index is 0.0695. The minimum atomic E-state index is 0.0695. The Bertz CT molecular complexity index is 421. The number of rotatable bonds is 7. The van der Waals surface area contributed by atoms with Gasteiger partial charge in [-0.2, -0.15) is 5.10 Å². The summed E-state index contributed by atoms with van der Waals surface area (Å²) in [5.74, 6) is 0.886. The fourth-order valence-corrected chi connectivity index (χ4v) is 2.42. The number of nitrogens with zero attached hydrogens (tertiary/aromatic N) is 3. The molecule has 2 rings (SSSR count). The second kappa shape index (κ2) is 6.73. The topological polar surface area (TPSA) is 51.9 Å². The molecule has 5 heteroatoms. The maximum atomic E-state index is 12.0. The third kappa shape index (κ3) is 3.22. The van der Waals surface area contributed by atoms with Gasteiger partial charge in [-0.1, -0.05) is 39.0 Å². The maximum Gasteiger partial charge on any atom is 0.345 e. The monoisotopic (exact) mass is 252 g/mol. The van der Waals surface area contributed by atoms with Gasteiger partial charge in [-0.05, 0) is 6.42 Å². The van der Waals surface area contributed by atoms with E-state index in [1.54, 1.807) is 9.25 Å². The van der Waals surface area contributed by atoms with Crippen LogP contribution in [0, 0.1) is 0 Å². The number of unbranched alkanes of at least 4 members (excludes halogenated alkanes) is 5. The Morgan fingerprint density at radius 1 is 1.22 bits per heavy atom. The van der Waals surface area contributed by atoms with Crippen molar-refractivity contribution in [3.05, 3.63) is 16.3 Å². The third-order valence-corrected chi connectivity index (χ3v) is 3.52. The molecule has 1 aliphatic rings. The van der Waals surface area contributed by atoms with Gasteiger partial charge in [-0.15, -0.1) is 0 Å². The van der Waals surface area contributed by atoms with Crippen molar-refractivity contribution in [2.75, 3.05) is 6.54 Å². The predicted octanol–water partition coefficient (Wildman–Crippen LogP) is 1.51. The summed E-state index contributed by atoms with van der Waals surface area (Å²) >= 11 is 0. The van der Waals surface area contributed by atoms with Crippen molar-refractivity contribution in [2.24, 2.45) is 0 Å². The Morgan fingerprint density at radius 2 is 2.00 bits per heavy atom. The lowest BCUT2D eigenvalue weighted by molar-refractivity contribution is 0.495. The Hall–Kier alpha value is -1.10. The molecule has 2 heterocycles. The SMILES string of the molecule is CCCCCCCCn1nc2n(c1=O)CCNC2. The highest BCUT2D eigenvalue weighted by Crippen LogP contribution is 2.06. The molecule has 102 valence electrons. The van der Waals surface area contributed by atoms with Crippen LogP contribution < -0.4 is 11.0 Å². The van der Waals surface area contributed by atoms with Crippen LogP contribution in [0.4, 0.5) is 0 Å². The molecule has 0 saturated heterocycles. The second-order valence-corrected chi connectivity index (χ2v) is 5.02. The van der Waals surface area contributed by atoms with Gasteiger partial charge >= 0.3 is 5.69 Å². The lowest BCUT2D eigenvalue weighted by Crippen LogP contribution is -2.34. The summed E-state index contributed by atoms with van der Waals surface area (Å²) < 4.78 is 3.44. The summed E-state index contributed by atoms with van der Waals surface area (Å²) in [5.41, 5.74) is 0.0695. The van der Waals surface area contributed by atoms with Gasteiger partial charge in [0.05, 0.1) is 6.54 Å². The molecule has 0 spiro atoms. The smallest absolute Gasteiger partial charge is 0.308 e. The van der Waals surface area contributed by atoms with E-state index >= 15 is 0 Å². The fourth-order valence-electron chi connectivity index (χ4n) is 2.42. The summed E-state index contributed by atoms with van der Waals surface area (Å²) in [4.78, 5) is 12.0. The molecule has 0 amide bonds. The lowest BCUT2D eigenvalue weighted by Gasteiger charge is -2.11. The van der Waals surface area contributed by atoms with Crippen LogP contribution in [0.25, 0.3) is 0 Å². The molecule has 0 atom stereocenters. The van der Waals surface area contributed by atoms with E-state index in [9.17, 15) is 4.79 Å². The molecule has 0 saturated carbocycles. The van der Waals surface area contributed by atoms with Gasteiger partial charge in [0.1, 0.15) is 5.82 Å². The van der Waals surface area contributed by atoms with Crippen LogP contribution in [0.3, 0.4) is 0 Å². The number of hydrogen-bond acceptors (Lipinski definition) is 3. The van der Waals surface area contributed by atoms with Gasteiger partial charge in [-0.25, -0.2) is 9.48 Å². The predicted molar refractivity (Wildman–Crippen MR) is 71.6 cm³/mol. The number of hydrogen-bond donors (Lipinski definition) is 1. The fraction of sp³-hybridized carbons (Fsp3) is 0.846. The number of aryl methyl sites for hydroxylation is 1. The van der Waals surface area contributed by atoms with Crippen LogP contribution in [-0.4, -0.2) is 20.9 Å².